The molecule has 57 heteroatoms. The standard InChI is InChI=1S/C64H94BrN17O30P4S5/c1-32(2)35-21-47(78-11-6-43(67)72-61(78)88)106-40(35)28-102-115(119,99-19-18-98-17-16-97-15-10-70-45(84)8-13-96-14-9-66)110-37-22-48(80-23-33(3)55(85)76-63(80)90)107-41(37)29-104-116(120,121)103-26-34-20-46(82-31-71-49-54(82)74-60(69)75-57(49)87)105-39(34)27-100-113(92,117)112-51-42(109-58(53(51)95-5)79-12-7-44(68)73-62(79)89)30-101-114(93,118)111-50-38(25-83)108-59(52(50)94-4)81-24-36(65)56(86)77-64(81)91/h6-7,11-12,23-24,31-32,34-35,37-42,46-48,50-53,58-59,83H,8-10,13-22,25-30,66H2,1-5H3,(H,70,84)(H,92,117)(H,93,118)(H,120,121)(H2,67,72,88)(H2,68,73,89)(H,76,85,90)(H,77,86,91)(H3,69,74,75,87)/p-3/t34?,35?,37?,38-,39-,40-,41-,42-,46-,47-,48-,50?,51?,52+,53+,58-,59-,113?,114?,115?/m1/s1. The van der Waals surface area contributed by atoms with Crippen molar-refractivity contribution in [3.05, 3.63) is 126 Å². The van der Waals surface area contributed by atoms with Crippen molar-refractivity contribution in [3.63, 3.8) is 0 Å². The minimum Gasteiger partial charge on any atom is -0.780 e. The number of hydrogen-bond donors (Lipinski definition) is 9. The molecule has 6 aromatic rings. The van der Waals surface area contributed by atoms with E-state index in [0.29, 0.717) is 19.6 Å². The molecule has 21 atom stereocenters. The fourth-order valence-electron chi connectivity index (χ4n) is 13.7. The second-order valence-corrected chi connectivity index (χ2v) is 42.3. The number of imidazole rings is 1. The molecular formula is C64H91BrN17O30P4S5-3. The molecule has 0 bridgehead atoms. The van der Waals surface area contributed by atoms with E-state index in [9.17, 15) is 52.9 Å². The first-order valence-corrected chi connectivity index (χ1v) is 49.5. The number of carbonyl (C=O) groups excluding carboxylic acids is 1. The number of ether oxygens (including phenoxy) is 10. The van der Waals surface area contributed by atoms with Gasteiger partial charge in [0.2, 0.25) is 11.9 Å². The molecule has 1 amide bonds. The molecule has 5 saturated heterocycles. The Hall–Kier alpha value is -5.18. The predicted molar refractivity (Wildman–Crippen MR) is 442 cm³/mol. The number of halogens is 1. The minimum absolute atomic E-state index is 0.00521. The summed E-state index contributed by atoms with van der Waals surface area (Å²) in [6.45, 7) is -10.6. The molecule has 672 valence electrons. The van der Waals surface area contributed by atoms with Gasteiger partial charge in [-0.25, -0.2) is 24.2 Å². The molecule has 11 heterocycles. The Morgan fingerprint density at radius 3 is 1.92 bits per heavy atom. The van der Waals surface area contributed by atoms with Gasteiger partial charge in [-0.05, 0) is 65.0 Å². The van der Waals surface area contributed by atoms with Crippen LogP contribution in [0.3, 0.4) is 0 Å². The lowest BCUT2D eigenvalue weighted by atomic mass is 9.89. The summed E-state index contributed by atoms with van der Waals surface area (Å²) in [5.41, 5.74) is 13.7. The highest BCUT2D eigenvalue weighted by atomic mass is 79.9. The van der Waals surface area contributed by atoms with E-state index >= 15 is 0 Å². The van der Waals surface area contributed by atoms with Crippen LogP contribution in [0.25, 0.3) is 11.2 Å². The van der Waals surface area contributed by atoms with E-state index in [0.717, 1.165) is 19.9 Å². The number of aromatic nitrogens is 12. The molecule has 5 fully saturated rings. The maximum Gasteiger partial charge on any atom is 0.351 e. The molecule has 13 N–H and O–H groups in total. The molecule has 47 nitrogen and oxygen atoms in total. The van der Waals surface area contributed by atoms with Crippen LogP contribution in [-0.2, 0) is 157 Å². The van der Waals surface area contributed by atoms with Gasteiger partial charge in [-0.2, -0.15) is 15.0 Å². The van der Waals surface area contributed by atoms with Crippen LogP contribution in [0.4, 0.5) is 17.6 Å². The normalized spacial score (nSPS) is 27.6. The lowest BCUT2D eigenvalue weighted by molar-refractivity contribution is -0.218. The minimum atomic E-state index is -4.93. The lowest BCUT2D eigenvalue weighted by Gasteiger charge is -2.36. The molecule has 5 aliphatic rings. The Morgan fingerprint density at radius 1 is 0.645 bits per heavy atom. The number of nitrogens with one attached hydrogen (secondary N) is 4. The summed E-state index contributed by atoms with van der Waals surface area (Å²) in [6.07, 6.45) is -12.5. The second kappa shape index (κ2) is 43.1. The van der Waals surface area contributed by atoms with Gasteiger partial charge in [0.1, 0.15) is 79.8 Å². The largest absolute Gasteiger partial charge is 0.780 e. The number of methoxy groups -OCH3 is 2. The highest BCUT2D eigenvalue weighted by molar-refractivity contribution is 9.10. The fourth-order valence-corrected chi connectivity index (χ4v) is 20.5. The van der Waals surface area contributed by atoms with E-state index in [1.165, 1.54) is 67.3 Å². The first kappa shape index (κ1) is 96.5. The number of hydrogen-bond acceptors (Lipinski definition) is 43. The first-order valence-electron chi connectivity index (χ1n) is 37.3. The predicted octanol–water partition coefficient (Wildman–Crippen LogP) is -0.875. The van der Waals surface area contributed by atoms with Gasteiger partial charge in [0.25, 0.3) is 16.7 Å². The van der Waals surface area contributed by atoms with Crippen molar-refractivity contribution in [2.75, 3.05) is 130 Å². The molecule has 0 radical (unpaired) electrons. The summed E-state index contributed by atoms with van der Waals surface area (Å²) in [6, 6.07) is 2.73. The monoisotopic (exact) mass is 1940 g/mol. The zero-order valence-electron chi connectivity index (χ0n) is 65.2. The van der Waals surface area contributed by atoms with Crippen LogP contribution in [0.15, 0.2) is 81.3 Å². The molecule has 0 aromatic carbocycles. The summed E-state index contributed by atoms with van der Waals surface area (Å²) in [4.78, 5) is 141. The Labute approximate surface area is 721 Å². The van der Waals surface area contributed by atoms with Crippen molar-refractivity contribution in [2.24, 2.45) is 23.5 Å². The number of aliphatic hydroxyl groups is 1. The number of nitrogens with zero attached hydrogens (tertiary/aromatic N) is 9. The van der Waals surface area contributed by atoms with Crippen molar-refractivity contribution in [3.8, 4) is 0 Å². The van der Waals surface area contributed by atoms with Crippen molar-refractivity contribution < 1.29 is 107 Å². The molecule has 121 heavy (non-hydrogen) atoms. The Bertz CT molecular complexity index is 5230. The number of fused-ring (bicyclic) bond motifs is 1. The summed E-state index contributed by atoms with van der Waals surface area (Å²) in [7, 11) is 2.38. The number of nitrogen functional groups attached to an aromatic ring is 3. The van der Waals surface area contributed by atoms with E-state index in [1.54, 1.807) is 0 Å². The molecule has 9 unspecified atom stereocenters. The van der Waals surface area contributed by atoms with E-state index in [4.69, 9.17) is 171 Å². The van der Waals surface area contributed by atoms with Gasteiger partial charge in [0.15, 0.2) is 30.4 Å². The Kier molecular flexibility index (Phi) is 34.3. The van der Waals surface area contributed by atoms with Gasteiger partial charge in [-0.15, -0.1) is 0 Å². The van der Waals surface area contributed by atoms with Crippen LogP contribution in [0.2, 0.25) is 0 Å². The maximum absolute atomic E-state index is 14.9. The number of rotatable bonds is 45. The van der Waals surface area contributed by atoms with E-state index < -0.39 is 196 Å². The molecule has 6 aromatic heterocycles. The van der Waals surface area contributed by atoms with Crippen LogP contribution >= 0.6 is 41.9 Å². The van der Waals surface area contributed by atoms with Gasteiger partial charge in [-0.1, -0.05) is 37.5 Å². The topological polar surface area (TPSA) is 612 Å². The van der Waals surface area contributed by atoms with Gasteiger partial charge >= 0.3 is 29.5 Å². The second-order valence-electron chi connectivity index (χ2n) is 28.1. The lowest BCUT2D eigenvalue weighted by Crippen LogP contribution is -2.41. The zero-order chi connectivity index (χ0) is 87.4. The van der Waals surface area contributed by atoms with Crippen LogP contribution in [0.5, 0.6) is 0 Å². The van der Waals surface area contributed by atoms with E-state index in [-0.39, 0.29) is 129 Å². The zero-order valence-corrected chi connectivity index (χ0v) is 74.4. The summed E-state index contributed by atoms with van der Waals surface area (Å²) in [5.74, 6) is -1.75. The number of aliphatic hydroxyl groups excluding tert-OH is 1. The number of aryl methyl sites for hydroxylation is 1. The summed E-state index contributed by atoms with van der Waals surface area (Å²) >= 11 is 32.1. The number of aromatic amines is 3. The maximum atomic E-state index is 14.9. The van der Waals surface area contributed by atoms with Gasteiger partial charge < -0.3 is 151 Å². The van der Waals surface area contributed by atoms with Crippen LogP contribution in [0, 0.1) is 24.7 Å². The Balaban J connectivity index is 0.802. The molecule has 0 aliphatic carbocycles. The molecule has 5 aliphatic heterocycles. The number of amides is 1. The quantitative estimate of drug-likeness (QED) is 0.0127. The highest BCUT2D eigenvalue weighted by Gasteiger charge is 2.52. The molecule has 0 spiro atoms. The van der Waals surface area contributed by atoms with Crippen molar-refractivity contribution in [1.82, 2.24) is 63.0 Å². The van der Waals surface area contributed by atoms with Crippen LogP contribution in [0.1, 0.15) is 76.2 Å². The Morgan fingerprint density at radius 2 is 1.23 bits per heavy atom. The number of H-pyrrole nitrogens is 3. The van der Waals surface area contributed by atoms with Gasteiger partial charge in [-0.3, -0.25) is 61.5 Å². The number of anilines is 3. The van der Waals surface area contributed by atoms with Gasteiger partial charge in [0, 0.05) is 82.8 Å². The molecule has 0 saturated carbocycles. The van der Waals surface area contributed by atoms with Crippen LogP contribution < -0.4 is 72.6 Å². The first-order chi connectivity index (χ1) is 57.5. The van der Waals surface area contributed by atoms with Crippen molar-refractivity contribution in [2.45, 2.75) is 139 Å². The molecule has 11 rings (SSSR count). The third-order valence-corrected chi connectivity index (χ3v) is 27.9. The fraction of sp³-hybridized carbons (Fsp3) is 0.656. The average Bonchev–Trinajstić information content (AvgIpc) is 1.63. The van der Waals surface area contributed by atoms with E-state index in [2.05, 4.69) is 56.1 Å². The SMILES string of the molecule is CO[C@H]1C(OP(=O)([S-])OC[C@H]2O[C@@H](n3cnc4c(=O)[nH]c(N)nc43)CC2COP(=S)([S-])OC[C@H]2O[C@@H](n3cc(C)c(=O)[nH]c3=O)CC2OP(=S)(OCCOCCOCCNC(=O)CCOCCN)OC[C@H]2O[C@@H](n3ccc(N)nc3=O)CC2C(C)C)[C@@H](COP([O-])(=S)OC2[C@@H](CO)O[C@@H](n3cc(Br)c(=O)[nH]c3=O)[C@H]2OC)O[C@H]1n1ccc(N)nc1=O. The van der Waals surface area contributed by atoms with Crippen molar-refractivity contribution >= 4 is 136 Å². The van der Waals surface area contributed by atoms with Gasteiger partial charge in [0.05, 0.1) is 121 Å². The van der Waals surface area contributed by atoms with E-state index in [1.807, 2.05) is 13.8 Å². The highest BCUT2D eigenvalue weighted by Crippen LogP contribution is 2.57. The van der Waals surface area contributed by atoms with Crippen molar-refractivity contribution in [1.29, 1.82) is 0 Å². The van der Waals surface area contributed by atoms with Crippen LogP contribution in [-0.4, -0.2) is 243 Å². The third kappa shape index (κ3) is 25.2. The third-order valence-electron chi connectivity index (χ3n) is 19.6. The average molecular weight is 1940 g/mol. The summed E-state index contributed by atoms with van der Waals surface area (Å²) < 4.78 is 136. The number of nitrogens with two attached hydrogens (primary N) is 4. The molecular weight excluding hydrogens is 1850 g/mol. The number of carbonyl (C=O) groups is 1. The smallest absolute Gasteiger partial charge is 0.351 e. The summed E-state index contributed by atoms with van der Waals surface area (Å²) in [5, 5.41) is 13.2.